The monoisotopic (exact) mass is 389 g/mol. The summed E-state index contributed by atoms with van der Waals surface area (Å²) in [4.78, 5) is 40.5. The third kappa shape index (κ3) is 3.41. The minimum Gasteiger partial charge on any atom is -0.441 e. The Balaban J connectivity index is 1.48. The number of rotatable bonds is 2. The molecular weight excluding hydrogens is 362 g/mol. The van der Waals surface area contributed by atoms with Crippen LogP contribution in [0.5, 0.6) is 0 Å². The van der Waals surface area contributed by atoms with E-state index in [2.05, 4.69) is 5.32 Å². The first kappa shape index (κ1) is 19.0. The smallest absolute Gasteiger partial charge is 0.410 e. The van der Waals surface area contributed by atoms with Gasteiger partial charge >= 0.3 is 11.7 Å². The maximum Gasteiger partial charge on any atom is 0.410 e. The van der Waals surface area contributed by atoms with Crippen LogP contribution in [0.25, 0.3) is 0 Å². The molecule has 1 spiro atoms. The van der Waals surface area contributed by atoms with Gasteiger partial charge in [0.1, 0.15) is 16.9 Å². The predicted molar refractivity (Wildman–Crippen MR) is 102 cm³/mol. The molecule has 1 aromatic heterocycles. The quantitative estimate of drug-likeness (QED) is 0.824. The standard InChI is InChI=1S/C20H27N3O5/c1-13-10-15(14-4-3-7-21-11-14)27-18(25)16(13)17(24)23-8-5-20(6-9-23)12-22(2)19(26)28-20/h10,14,21H,3-9,11-12H2,1-2H3. The second-order valence-electron chi connectivity index (χ2n) is 8.24. The highest BCUT2D eigenvalue weighted by atomic mass is 16.6. The van der Waals surface area contributed by atoms with Gasteiger partial charge in [-0.05, 0) is 37.9 Å². The second-order valence-corrected chi connectivity index (χ2v) is 8.24. The summed E-state index contributed by atoms with van der Waals surface area (Å²) in [5, 5.41) is 3.31. The normalized spacial score (nSPS) is 24.5. The van der Waals surface area contributed by atoms with Gasteiger partial charge in [0.25, 0.3) is 5.91 Å². The van der Waals surface area contributed by atoms with E-state index in [1.54, 1.807) is 23.8 Å². The molecule has 3 fully saturated rings. The van der Waals surface area contributed by atoms with Crippen molar-refractivity contribution in [1.29, 1.82) is 0 Å². The van der Waals surface area contributed by atoms with Crippen molar-refractivity contribution in [2.45, 2.75) is 44.1 Å². The molecule has 1 atom stereocenters. The highest BCUT2D eigenvalue weighted by molar-refractivity contribution is 5.95. The number of nitrogens with zero attached hydrogens (tertiary/aromatic N) is 2. The lowest BCUT2D eigenvalue weighted by Gasteiger charge is -2.37. The van der Waals surface area contributed by atoms with Crippen LogP contribution in [0.2, 0.25) is 0 Å². The van der Waals surface area contributed by atoms with Crippen LogP contribution < -0.4 is 10.9 Å². The minimum absolute atomic E-state index is 0.115. The van der Waals surface area contributed by atoms with Gasteiger partial charge < -0.3 is 24.3 Å². The van der Waals surface area contributed by atoms with Gasteiger partial charge in [0.2, 0.25) is 0 Å². The van der Waals surface area contributed by atoms with E-state index in [9.17, 15) is 14.4 Å². The zero-order valence-corrected chi connectivity index (χ0v) is 16.5. The molecule has 0 radical (unpaired) electrons. The molecule has 0 bridgehead atoms. The summed E-state index contributed by atoms with van der Waals surface area (Å²) in [5.41, 5.74) is -0.295. The highest BCUT2D eigenvalue weighted by Gasteiger charge is 2.46. The molecule has 8 nitrogen and oxygen atoms in total. The number of carbonyl (C=O) groups excluding carboxylic acids is 2. The summed E-state index contributed by atoms with van der Waals surface area (Å²) >= 11 is 0. The zero-order chi connectivity index (χ0) is 19.9. The van der Waals surface area contributed by atoms with Crippen molar-refractivity contribution < 1.29 is 18.7 Å². The fourth-order valence-electron chi connectivity index (χ4n) is 4.51. The van der Waals surface area contributed by atoms with Crippen molar-refractivity contribution >= 4 is 12.0 Å². The fourth-order valence-corrected chi connectivity index (χ4v) is 4.51. The number of ether oxygens (including phenoxy) is 1. The number of likely N-dealkylation sites (N-methyl/N-ethyl adjacent to an activating group) is 1. The van der Waals surface area contributed by atoms with Crippen molar-refractivity contribution in [2.24, 2.45) is 0 Å². The summed E-state index contributed by atoms with van der Waals surface area (Å²) in [6.45, 7) is 5.01. The van der Waals surface area contributed by atoms with Crippen molar-refractivity contribution in [2.75, 3.05) is 39.8 Å². The lowest BCUT2D eigenvalue weighted by atomic mass is 9.91. The van der Waals surface area contributed by atoms with Gasteiger partial charge in [-0.2, -0.15) is 0 Å². The third-order valence-electron chi connectivity index (χ3n) is 6.18. The van der Waals surface area contributed by atoms with E-state index in [1.165, 1.54) is 0 Å². The Morgan fingerprint density at radius 3 is 2.61 bits per heavy atom. The topological polar surface area (TPSA) is 92.1 Å². The minimum atomic E-state index is -0.558. The lowest BCUT2D eigenvalue weighted by Crippen LogP contribution is -2.49. The largest absolute Gasteiger partial charge is 0.441 e. The SMILES string of the molecule is Cc1cc(C2CCCNC2)oc(=O)c1C(=O)N1CCC2(CC1)CN(C)C(=O)O2. The van der Waals surface area contributed by atoms with Gasteiger partial charge in [-0.15, -0.1) is 0 Å². The van der Waals surface area contributed by atoms with Gasteiger partial charge in [-0.25, -0.2) is 9.59 Å². The number of carbonyl (C=O) groups is 2. The Hall–Kier alpha value is -2.35. The molecule has 152 valence electrons. The van der Waals surface area contributed by atoms with Gasteiger partial charge in [0.15, 0.2) is 0 Å². The van der Waals surface area contributed by atoms with Crippen LogP contribution >= 0.6 is 0 Å². The van der Waals surface area contributed by atoms with Crippen molar-refractivity contribution in [3.63, 3.8) is 0 Å². The third-order valence-corrected chi connectivity index (χ3v) is 6.18. The van der Waals surface area contributed by atoms with Crippen LogP contribution in [0.15, 0.2) is 15.3 Å². The predicted octanol–water partition coefficient (Wildman–Crippen LogP) is 1.47. The van der Waals surface area contributed by atoms with Crippen molar-refractivity contribution in [1.82, 2.24) is 15.1 Å². The molecule has 3 saturated heterocycles. The molecule has 28 heavy (non-hydrogen) atoms. The van der Waals surface area contributed by atoms with Crippen LogP contribution in [0, 0.1) is 6.92 Å². The summed E-state index contributed by atoms with van der Waals surface area (Å²) < 4.78 is 11.1. The Kier molecular flexibility index (Phi) is 4.91. The number of aryl methyl sites for hydroxylation is 1. The number of amides is 2. The molecule has 2 amide bonds. The first-order chi connectivity index (χ1) is 13.4. The summed E-state index contributed by atoms with van der Waals surface area (Å²) in [5.74, 6) is 0.532. The Morgan fingerprint density at radius 2 is 2.04 bits per heavy atom. The lowest BCUT2D eigenvalue weighted by molar-refractivity contribution is 0.00304. The van der Waals surface area contributed by atoms with Crippen LogP contribution in [0.1, 0.15) is 53.3 Å². The molecule has 0 aromatic carbocycles. The van der Waals surface area contributed by atoms with E-state index in [0.29, 0.717) is 43.8 Å². The molecule has 1 N–H and O–H groups in total. The molecular formula is C20H27N3O5. The van der Waals surface area contributed by atoms with Gasteiger partial charge in [0.05, 0.1) is 6.54 Å². The Bertz CT molecular complexity index is 835. The number of hydrogen-bond donors (Lipinski definition) is 1. The second kappa shape index (κ2) is 7.24. The Labute approximate surface area is 163 Å². The average Bonchev–Trinajstić information content (AvgIpc) is 2.95. The van der Waals surface area contributed by atoms with Crippen LogP contribution in [0.4, 0.5) is 4.79 Å². The van der Waals surface area contributed by atoms with Crippen molar-refractivity contribution in [3.8, 4) is 0 Å². The van der Waals surface area contributed by atoms with Crippen LogP contribution in [-0.4, -0.2) is 67.2 Å². The van der Waals surface area contributed by atoms with E-state index in [0.717, 1.165) is 25.9 Å². The number of piperidine rings is 2. The summed E-state index contributed by atoms with van der Waals surface area (Å²) in [7, 11) is 1.71. The first-order valence-electron chi connectivity index (χ1n) is 9.97. The molecule has 4 heterocycles. The maximum absolute atomic E-state index is 13.0. The van der Waals surface area contributed by atoms with E-state index in [-0.39, 0.29) is 23.5 Å². The number of likely N-dealkylation sites (tertiary alicyclic amines) is 1. The fraction of sp³-hybridized carbons (Fsp3) is 0.650. The number of nitrogens with one attached hydrogen (secondary N) is 1. The van der Waals surface area contributed by atoms with Crippen molar-refractivity contribution in [3.05, 3.63) is 33.4 Å². The summed E-state index contributed by atoms with van der Waals surface area (Å²) in [6.07, 6.45) is 2.85. The zero-order valence-electron chi connectivity index (χ0n) is 16.5. The van der Waals surface area contributed by atoms with E-state index in [4.69, 9.17) is 9.15 Å². The molecule has 8 heteroatoms. The van der Waals surface area contributed by atoms with Gasteiger partial charge in [-0.3, -0.25) is 4.79 Å². The van der Waals surface area contributed by atoms with E-state index in [1.807, 2.05) is 6.07 Å². The molecule has 3 aliphatic heterocycles. The molecule has 4 rings (SSSR count). The van der Waals surface area contributed by atoms with Gasteiger partial charge in [0, 0.05) is 45.4 Å². The summed E-state index contributed by atoms with van der Waals surface area (Å²) in [6, 6.07) is 1.84. The Morgan fingerprint density at radius 1 is 1.29 bits per heavy atom. The first-order valence-corrected chi connectivity index (χ1v) is 9.97. The molecule has 0 aliphatic carbocycles. The molecule has 1 unspecified atom stereocenters. The van der Waals surface area contributed by atoms with Gasteiger partial charge in [-0.1, -0.05) is 0 Å². The van der Waals surface area contributed by atoms with E-state index >= 15 is 0 Å². The average molecular weight is 389 g/mol. The van der Waals surface area contributed by atoms with Crippen LogP contribution in [0.3, 0.4) is 0 Å². The molecule has 0 saturated carbocycles. The van der Waals surface area contributed by atoms with E-state index < -0.39 is 11.2 Å². The number of hydrogen-bond acceptors (Lipinski definition) is 6. The van der Waals surface area contributed by atoms with Crippen LogP contribution in [-0.2, 0) is 4.74 Å². The maximum atomic E-state index is 13.0. The molecule has 1 aromatic rings. The molecule has 3 aliphatic rings. The highest BCUT2D eigenvalue weighted by Crippen LogP contribution is 2.33.